The molecular weight excluding hydrogens is 284 g/mol. The Morgan fingerprint density at radius 2 is 2.00 bits per heavy atom. The second-order valence-corrected chi connectivity index (χ2v) is 5.82. The number of carbonyl (C=O) groups is 2. The first-order chi connectivity index (χ1) is 10.3. The van der Waals surface area contributed by atoms with Gasteiger partial charge in [0.05, 0.1) is 12.2 Å². The number of ether oxygens (including phenoxy) is 2. The average Bonchev–Trinajstić information content (AvgIpc) is 2.79. The molecule has 22 heavy (non-hydrogen) atoms. The van der Waals surface area contributed by atoms with Crippen LogP contribution in [0, 0.1) is 0 Å². The number of amides is 1. The van der Waals surface area contributed by atoms with E-state index in [1.54, 1.807) is 62.7 Å². The number of nitrogens with zero attached hydrogens (tertiary/aromatic N) is 1. The van der Waals surface area contributed by atoms with Crippen LogP contribution in [0.2, 0.25) is 0 Å². The molecule has 1 N–H and O–H groups in total. The van der Waals surface area contributed by atoms with Crippen LogP contribution in [-0.2, 0) is 9.47 Å². The van der Waals surface area contributed by atoms with Crippen molar-refractivity contribution < 1.29 is 19.1 Å². The summed E-state index contributed by atoms with van der Waals surface area (Å²) < 4.78 is 11.9. The topological polar surface area (TPSA) is 69.0 Å². The molecule has 6 nitrogen and oxygen atoms in total. The van der Waals surface area contributed by atoms with Crippen molar-refractivity contribution in [1.82, 2.24) is 4.40 Å². The fourth-order valence-electron chi connectivity index (χ4n) is 1.93. The largest absolute Gasteiger partial charge is 0.462 e. The van der Waals surface area contributed by atoms with Gasteiger partial charge in [0.1, 0.15) is 5.60 Å². The summed E-state index contributed by atoms with van der Waals surface area (Å²) in [5, 5.41) is 2.66. The molecule has 0 saturated carbocycles. The van der Waals surface area contributed by atoms with Crippen molar-refractivity contribution in [1.29, 1.82) is 0 Å². The van der Waals surface area contributed by atoms with Crippen LogP contribution < -0.4 is 5.32 Å². The number of fused-ring (bicyclic) bond motifs is 1. The number of carbonyl (C=O) groups excluding carboxylic acids is 2. The number of pyridine rings is 1. The van der Waals surface area contributed by atoms with Crippen LogP contribution in [0.25, 0.3) is 5.52 Å². The summed E-state index contributed by atoms with van der Waals surface area (Å²) in [5.41, 5.74) is 1.28. The van der Waals surface area contributed by atoms with E-state index in [9.17, 15) is 9.59 Å². The highest BCUT2D eigenvalue weighted by atomic mass is 16.6. The number of hydrogen-bond acceptors (Lipinski definition) is 4. The van der Waals surface area contributed by atoms with Gasteiger partial charge >= 0.3 is 12.1 Å². The number of hydrogen-bond donors (Lipinski definition) is 1. The molecule has 0 spiro atoms. The Balaban J connectivity index is 2.16. The van der Waals surface area contributed by atoms with Crippen LogP contribution in [0.3, 0.4) is 0 Å². The third-order valence-corrected chi connectivity index (χ3v) is 2.75. The molecule has 118 valence electrons. The minimum absolute atomic E-state index is 0.330. The summed E-state index contributed by atoms with van der Waals surface area (Å²) in [6.45, 7) is 7.49. The predicted octanol–water partition coefficient (Wildman–Crippen LogP) is 3.46. The Labute approximate surface area is 129 Å². The maximum atomic E-state index is 11.7. The summed E-state index contributed by atoms with van der Waals surface area (Å²) in [4.78, 5) is 23.5. The van der Waals surface area contributed by atoms with Gasteiger partial charge in [-0.3, -0.25) is 5.32 Å². The predicted molar refractivity (Wildman–Crippen MR) is 83.2 cm³/mol. The number of esters is 1. The van der Waals surface area contributed by atoms with Crippen LogP contribution in [0.4, 0.5) is 10.5 Å². The molecule has 0 bridgehead atoms. The first-order valence-electron chi connectivity index (χ1n) is 7.07. The molecule has 1 amide bonds. The molecule has 0 unspecified atom stereocenters. The molecule has 0 aliphatic rings. The number of nitrogens with one attached hydrogen (secondary N) is 1. The lowest BCUT2D eigenvalue weighted by Gasteiger charge is -2.19. The van der Waals surface area contributed by atoms with E-state index < -0.39 is 11.7 Å². The van der Waals surface area contributed by atoms with Crippen molar-refractivity contribution in [3.8, 4) is 0 Å². The van der Waals surface area contributed by atoms with E-state index in [4.69, 9.17) is 9.47 Å². The van der Waals surface area contributed by atoms with Gasteiger partial charge in [0, 0.05) is 23.6 Å². The molecule has 2 aromatic heterocycles. The molecule has 6 heteroatoms. The van der Waals surface area contributed by atoms with Crippen molar-refractivity contribution in [2.24, 2.45) is 0 Å². The van der Waals surface area contributed by atoms with Gasteiger partial charge < -0.3 is 13.9 Å². The lowest BCUT2D eigenvalue weighted by atomic mass is 10.2. The number of anilines is 1. The fraction of sp³-hybridized carbons (Fsp3) is 0.375. The normalized spacial score (nSPS) is 11.3. The minimum Gasteiger partial charge on any atom is -0.462 e. The summed E-state index contributed by atoms with van der Waals surface area (Å²) in [6, 6.07) is 5.19. The molecule has 0 radical (unpaired) electrons. The van der Waals surface area contributed by atoms with Crippen molar-refractivity contribution >= 4 is 23.3 Å². The van der Waals surface area contributed by atoms with Crippen molar-refractivity contribution in [3.63, 3.8) is 0 Å². The quantitative estimate of drug-likeness (QED) is 0.882. The van der Waals surface area contributed by atoms with Gasteiger partial charge in [0.2, 0.25) is 0 Å². The average molecular weight is 304 g/mol. The van der Waals surface area contributed by atoms with Gasteiger partial charge in [0.25, 0.3) is 0 Å². The molecule has 2 aromatic rings. The van der Waals surface area contributed by atoms with E-state index in [2.05, 4.69) is 5.32 Å². The van der Waals surface area contributed by atoms with E-state index in [1.165, 1.54) is 0 Å². The Bertz CT molecular complexity index is 698. The minimum atomic E-state index is -0.555. The van der Waals surface area contributed by atoms with Crippen LogP contribution in [0.5, 0.6) is 0 Å². The maximum Gasteiger partial charge on any atom is 0.412 e. The standard InChI is InChI=1S/C16H20N2O4/c1-5-21-14(19)11-8-13-9-12(6-7-18(13)10-11)17-15(20)22-16(2,3)4/h6-10H,5H2,1-4H3,(H,17,20). The summed E-state index contributed by atoms with van der Waals surface area (Å²) >= 11 is 0. The monoisotopic (exact) mass is 304 g/mol. The van der Waals surface area contributed by atoms with Gasteiger partial charge in [-0.2, -0.15) is 0 Å². The Morgan fingerprint density at radius 3 is 2.64 bits per heavy atom. The van der Waals surface area contributed by atoms with E-state index in [1.807, 2.05) is 0 Å². The molecule has 0 atom stereocenters. The van der Waals surface area contributed by atoms with Crippen molar-refractivity contribution in [2.75, 3.05) is 11.9 Å². The van der Waals surface area contributed by atoms with E-state index in [0.29, 0.717) is 17.9 Å². The van der Waals surface area contributed by atoms with Gasteiger partial charge in [-0.1, -0.05) is 0 Å². The lowest BCUT2D eigenvalue weighted by Crippen LogP contribution is -2.27. The van der Waals surface area contributed by atoms with Gasteiger partial charge in [-0.15, -0.1) is 0 Å². The zero-order chi connectivity index (χ0) is 16.3. The Kier molecular flexibility index (Phi) is 4.40. The SMILES string of the molecule is CCOC(=O)c1cc2cc(NC(=O)OC(C)(C)C)ccn2c1. The smallest absolute Gasteiger partial charge is 0.412 e. The van der Waals surface area contributed by atoms with Gasteiger partial charge in [-0.25, -0.2) is 9.59 Å². The number of aromatic nitrogens is 1. The van der Waals surface area contributed by atoms with Crippen molar-refractivity contribution in [2.45, 2.75) is 33.3 Å². The molecule has 0 saturated heterocycles. The molecule has 2 rings (SSSR count). The Hall–Kier alpha value is -2.50. The summed E-state index contributed by atoms with van der Waals surface area (Å²) in [5.74, 6) is -0.368. The van der Waals surface area contributed by atoms with E-state index >= 15 is 0 Å². The highest BCUT2D eigenvalue weighted by Crippen LogP contribution is 2.17. The molecule has 0 fully saturated rings. The maximum absolute atomic E-state index is 11.7. The molecular formula is C16H20N2O4. The molecule has 2 heterocycles. The Morgan fingerprint density at radius 1 is 1.27 bits per heavy atom. The van der Waals surface area contributed by atoms with Crippen LogP contribution >= 0.6 is 0 Å². The summed E-state index contributed by atoms with van der Waals surface area (Å²) in [6.07, 6.45) is 2.92. The second-order valence-electron chi connectivity index (χ2n) is 5.82. The third-order valence-electron chi connectivity index (χ3n) is 2.75. The van der Waals surface area contributed by atoms with Gasteiger partial charge in [-0.05, 0) is 45.9 Å². The molecule has 0 aliphatic heterocycles. The zero-order valence-corrected chi connectivity index (χ0v) is 13.2. The van der Waals surface area contributed by atoms with Crippen molar-refractivity contribution in [3.05, 3.63) is 36.2 Å². The first kappa shape index (κ1) is 15.9. The second kappa shape index (κ2) is 6.09. The fourth-order valence-corrected chi connectivity index (χ4v) is 1.93. The van der Waals surface area contributed by atoms with Crippen LogP contribution in [-0.4, -0.2) is 28.7 Å². The highest BCUT2D eigenvalue weighted by Gasteiger charge is 2.16. The molecule has 0 aromatic carbocycles. The summed E-state index contributed by atoms with van der Waals surface area (Å²) in [7, 11) is 0. The van der Waals surface area contributed by atoms with Crippen LogP contribution in [0.1, 0.15) is 38.1 Å². The third kappa shape index (κ3) is 4.00. The zero-order valence-electron chi connectivity index (χ0n) is 13.2. The molecule has 0 aliphatic carbocycles. The first-order valence-corrected chi connectivity index (χ1v) is 7.07. The number of rotatable bonds is 3. The van der Waals surface area contributed by atoms with Gasteiger partial charge in [0.15, 0.2) is 0 Å². The van der Waals surface area contributed by atoms with E-state index in [-0.39, 0.29) is 5.97 Å². The highest BCUT2D eigenvalue weighted by molar-refractivity contribution is 5.92. The van der Waals surface area contributed by atoms with Crippen LogP contribution in [0.15, 0.2) is 30.6 Å². The lowest BCUT2D eigenvalue weighted by molar-refractivity contribution is 0.0525. The van der Waals surface area contributed by atoms with E-state index in [0.717, 1.165) is 5.52 Å².